The molecule has 0 fully saturated rings. The van der Waals surface area contributed by atoms with Crippen molar-refractivity contribution in [3.05, 3.63) is 36.7 Å². The molecule has 0 bridgehead atoms. The number of imidazole rings is 1. The average molecular weight is 263 g/mol. The number of aryl methyl sites for hydroxylation is 1. The minimum Gasteiger partial charge on any atom is -0.394 e. The monoisotopic (exact) mass is 263 g/mol. The van der Waals surface area contributed by atoms with Gasteiger partial charge in [0.15, 0.2) is 0 Å². The van der Waals surface area contributed by atoms with Crippen LogP contribution in [0, 0.1) is 0 Å². The van der Waals surface area contributed by atoms with Crippen LogP contribution in [0.1, 0.15) is 18.4 Å². The van der Waals surface area contributed by atoms with Crippen molar-refractivity contribution in [2.24, 2.45) is 0 Å². The fourth-order valence-corrected chi connectivity index (χ4v) is 1.92. The second-order valence-corrected chi connectivity index (χ2v) is 4.52. The molecule has 2 heterocycles. The van der Waals surface area contributed by atoms with Crippen LogP contribution in [0.3, 0.4) is 0 Å². The van der Waals surface area contributed by atoms with E-state index in [1.807, 2.05) is 31.1 Å². The molecule has 2 aromatic rings. The first-order valence-electron chi connectivity index (χ1n) is 6.67. The summed E-state index contributed by atoms with van der Waals surface area (Å²) >= 11 is 0. The van der Waals surface area contributed by atoms with Crippen LogP contribution in [0.5, 0.6) is 0 Å². The molecule has 0 aromatic carbocycles. The van der Waals surface area contributed by atoms with Crippen molar-refractivity contribution >= 4 is 0 Å². The van der Waals surface area contributed by atoms with Gasteiger partial charge in [0.25, 0.3) is 0 Å². The normalized spacial score (nSPS) is 11.0. The lowest BCUT2D eigenvalue weighted by molar-refractivity contribution is 0.269. The highest BCUT2D eigenvalue weighted by atomic mass is 16.3. The molecule has 6 nitrogen and oxygen atoms in total. The number of unbranched alkanes of at least 4 members (excludes halogenated alkanes) is 1. The first kappa shape index (κ1) is 13.8. The molecule has 104 valence electrons. The van der Waals surface area contributed by atoms with Gasteiger partial charge in [-0.2, -0.15) is 5.10 Å². The van der Waals surface area contributed by atoms with Crippen LogP contribution in [-0.4, -0.2) is 37.6 Å². The lowest BCUT2D eigenvalue weighted by Gasteiger charge is -2.04. The third kappa shape index (κ3) is 4.84. The van der Waals surface area contributed by atoms with E-state index in [1.54, 1.807) is 4.68 Å². The van der Waals surface area contributed by atoms with Crippen molar-refractivity contribution < 1.29 is 5.11 Å². The predicted octanol–water partition coefficient (Wildman–Crippen LogP) is 0.642. The van der Waals surface area contributed by atoms with E-state index in [0.29, 0.717) is 6.54 Å². The summed E-state index contributed by atoms with van der Waals surface area (Å²) in [6, 6.07) is 0. The Kier molecular flexibility index (Phi) is 5.58. The smallest absolute Gasteiger partial charge is 0.0945 e. The molecule has 19 heavy (non-hydrogen) atoms. The highest BCUT2D eigenvalue weighted by molar-refractivity contribution is 5.03. The Labute approximate surface area is 113 Å². The molecule has 0 aliphatic heterocycles. The van der Waals surface area contributed by atoms with Crippen molar-refractivity contribution in [2.45, 2.75) is 32.5 Å². The van der Waals surface area contributed by atoms with Crippen LogP contribution >= 0.6 is 0 Å². The lowest BCUT2D eigenvalue weighted by atomic mass is 10.3. The van der Waals surface area contributed by atoms with E-state index in [1.165, 1.54) is 0 Å². The SMILES string of the molecule is OCCn1cc(CNCCCCn2ccnc2)cn1. The number of aliphatic hydroxyl groups is 1. The van der Waals surface area contributed by atoms with Gasteiger partial charge in [0, 0.05) is 37.2 Å². The van der Waals surface area contributed by atoms with Crippen LogP contribution in [-0.2, 0) is 19.6 Å². The summed E-state index contributed by atoms with van der Waals surface area (Å²) in [5.74, 6) is 0. The molecule has 2 aromatic heterocycles. The summed E-state index contributed by atoms with van der Waals surface area (Å²) in [6.45, 7) is 3.54. The topological polar surface area (TPSA) is 67.9 Å². The Morgan fingerprint density at radius 1 is 1.26 bits per heavy atom. The number of aliphatic hydroxyl groups excluding tert-OH is 1. The molecular weight excluding hydrogens is 242 g/mol. The van der Waals surface area contributed by atoms with E-state index in [-0.39, 0.29) is 6.61 Å². The molecule has 0 unspecified atom stereocenters. The van der Waals surface area contributed by atoms with Crippen molar-refractivity contribution in [2.75, 3.05) is 13.2 Å². The maximum Gasteiger partial charge on any atom is 0.0945 e. The van der Waals surface area contributed by atoms with E-state index in [0.717, 1.165) is 38.0 Å². The summed E-state index contributed by atoms with van der Waals surface area (Å²) in [7, 11) is 0. The van der Waals surface area contributed by atoms with E-state index < -0.39 is 0 Å². The molecule has 0 amide bonds. The highest BCUT2D eigenvalue weighted by Gasteiger charge is 1.97. The third-order valence-corrected chi connectivity index (χ3v) is 2.92. The molecule has 2 rings (SSSR count). The van der Waals surface area contributed by atoms with Crippen molar-refractivity contribution in [3.8, 4) is 0 Å². The van der Waals surface area contributed by atoms with E-state index in [2.05, 4.69) is 20.0 Å². The van der Waals surface area contributed by atoms with Gasteiger partial charge in [-0.25, -0.2) is 4.98 Å². The summed E-state index contributed by atoms with van der Waals surface area (Å²) in [6.07, 6.45) is 11.7. The molecule has 0 spiro atoms. The minimum atomic E-state index is 0.128. The Bertz CT molecular complexity index is 451. The quantitative estimate of drug-likeness (QED) is 0.652. The summed E-state index contributed by atoms with van der Waals surface area (Å²) in [4.78, 5) is 4.01. The number of hydrogen-bond donors (Lipinski definition) is 2. The summed E-state index contributed by atoms with van der Waals surface area (Å²) in [5.41, 5.74) is 1.16. The molecule has 0 aliphatic carbocycles. The maximum absolute atomic E-state index is 8.80. The minimum absolute atomic E-state index is 0.128. The third-order valence-electron chi connectivity index (χ3n) is 2.92. The molecule has 2 N–H and O–H groups in total. The predicted molar refractivity (Wildman–Crippen MR) is 72.5 cm³/mol. The van der Waals surface area contributed by atoms with Gasteiger partial charge >= 0.3 is 0 Å². The Morgan fingerprint density at radius 3 is 3.00 bits per heavy atom. The zero-order valence-corrected chi connectivity index (χ0v) is 11.1. The van der Waals surface area contributed by atoms with Gasteiger partial charge in [0.1, 0.15) is 0 Å². The maximum atomic E-state index is 8.80. The fourth-order valence-electron chi connectivity index (χ4n) is 1.92. The molecular formula is C13H21N5O. The first-order chi connectivity index (χ1) is 9.38. The highest BCUT2D eigenvalue weighted by Crippen LogP contribution is 1.98. The van der Waals surface area contributed by atoms with Gasteiger partial charge in [-0.05, 0) is 19.4 Å². The lowest BCUT2D eigenvalue weighted by Crippen LogP contribution is -2.14. The number of nitrogens with one attached hydrogen (secondary N) is 1. The van der Waals surface area contributed by atoms with Crippen LogP contribution in [0.4, 0.5) is 0 Å². The van der Waals surface area contributed by atoms with Gasteiger partial charge < -0.3 is 15.0 Å². The van der Waals surface area contributed by atoms with E-state index >= 15 is 0 Å². The van der Waals surface area contributed by atoms with Gasteiger partial charge in [-0.3, -0.25) is 4.68 Å². The van der Waals surface area contributed by atoms with Crippen LogP contribution < -0.4 is 5.32 Å². The number of hydrogen-bond acceptors (Lipinski definition) is 4. The second kappa shape index (κ2) is 7.70. The van der Waals surface area contributed by atoms with Gasteiger partial charge in [-0.15, -0.1) is 0 Å². The van der Waals surface area contributed by atoms with Crippen molar-refractivity contribution in [1.29, 1.82) is 0 Å². The number of aromatic nitrogens is 4. The van der Waals surface area contributed by atoms with Crippen LogP contribution in [0.25, 0.3) is 0 Å². The fraction of sp³-hybridized carbons (Fsp3) is 0.538. The largest absolute Gasteiger partial charge is 0.394 e. The van der Waals surface area contributed by atoms with E-state index in [4.69, 9.17) is 5.11 Å². The number of nitrogens with zero attached hydrogens (tertiary/aromatic N) is 4. The second-order valence-electron chi connectivity index (χ2n) is 4.52. The Hall–Kier alpha value is -1.66. The average Bonchev–Trinajstić information content (AvgIpc) is 3.06. The van der Waals surface area contributed by atoms with Gasteiger partial charge in [0.05, 0.1) is 25.7 Å². The summed E-state index contributed by atoms with van der Waals surface area (Å²) < 4.78 is 3.86. The zero-order chi connectivity index (χ0) is 13.3. The van der Waals surface area contributed by atoms with Crippen molar-refractivity contribution in [1.82, 2.24) is 24.6 Å². The Balaban J connectivity index is 1.53. The standard InChI is InChI=1S/C13H21N5O/c19-8-7-18-11-13(10-16-18)9-14-3-1-2-5-17-6-4-15-12-17/h4,6,10-12,14,19H,1-3,5,7-9H2. The molecule has 0 aliphatic rings. The van der Waals surface area contributed by atoms with E-state index in [9.17, 15) is 0 Å². The molecule has 0 saturated carbocycles. The van der Waals surface area contributed by atoms with Crippen LogP contribution in [0.2, 0.25) is 0 Å². The van der Waals surface area contributed by atoms with Gasteiger partial charge in [0.2, 0.25) is 0 Å². The summed E-state index contributed by atoms with van der Waals surface area (Å²) in [5, 5.41) is 16.4. The van der Waals surface area contributed by atoms with Crippen LogP contribution in [0.15, 0.2) is 31.1 Å². The first-order valence-corrected chi connectivity index (χ1v) is 6.67. The molecule has 0 radical (unpaired) electrons. The molecule has 6 heteroatoms. The molecule has 0 atom stereocenters. The number of rotatable bonds is 9. The van der Waals surface area contributed by atoms with Crippen molar-refractivity contribution in [3.63, 3.8) is 0 Å². The molecule has 0 saturated heterocycles. The Morgan fingerprint density at radius 2 is 2.21 bits per heavy atom. The zero-order valence-electron chi connectivity index (χ0n) is 11.1. The van der Waals surface area contributed by atoms with Gasteiger partial charge in [-0.1, -0.05) is 0 Å².